The van der Waals surface area contributed by atoms with Gasteiger partial charge >= 0.3 is 0 Å². The molecule has 2 aromatic heterocycles. The first-order valence-corrected chi connectivity index (χ1v) is 6.31. The van der Waals surface area contributed by atoms with Gasteiger partial charge in [0.25, 0.3) is 0 Å². The zero-order valence-corrected chi connectivity index (χ0v) is 11.4. The Labute approximate surface area is 111 Å². The summed E-state index contributed by atoms with van der Waals surface area (Å²) in [5.74, 6) is 1.02. The molecule has 0 unspecified atom stereocenters. The number of imidazole rings is 1. The smallest absolute Gasteiger partial charge is 0.106 e. The van der Waals surface area contributed by atoms with E-state index in [0.29, 0.717) is 0 Å². The van der Waals surface area contributed by atoms with E-state index in [1.54, 1.807) is 0 Å². The van der Waals surface area contributed by atoms with Gasteiger partial charge in [0, 0.05) is 24.8 Å². The lowest BCUT2D eigenvalue weighted by molar-refractivity contribution is 0.784. The third-order valence-electron chi connectivity index (χ3n) is 3.40. The Morgan fingerprint density at radius 2 is 2.16 bits per heavy atom. The van der Waals surface area contributed by atoms with Crippen LogP contribution in [0, 0.1) is 6.92 Å². The van der Waals surface area contributed by atoms with Crippen molar-refractivity contribution in [1.29, 1.82) is 0 Å². The number of aryl methyl sites for hydroxylation is 2. The number of H-pyrrole nitrogens is 1. The normalized spacial score (nSPS) is 11.3. The van der Waals surface area contributed by atoms with E-state index in [0.717, 1.165) is 40.4 Å². The maximum atomic E-state index is 4.55. The fourth-order valence-electron chi connectivity index (χ4n) is 2.27. The van der Waals surface area contributed by atoms with Crippen molar-refractivity contribution in [2.24, 2.45) is 7.05 Å². The maximum Gasteiger partial charge on any atom is 0.106 e. The first-order chi connectivity index (χ1) is 9.19. The number of rotatable bonds is 3. The SMILES string of the molecule is CNCc1cc(-c2ccc3c(c2)nc(C)n3C)n[nH]1. The molecule has 98 valence electrons. The first kappa shape index (κ1) is 11.9. The molecule has 0 radical (unpaired) electrons. The van der Waals surface area contributed by atoms with Crippen molar-refractivity contribution in [3.05, 3.63) is 35.8 Å². The van der Waals surface area contributed by atoms with Gasteiger partial charge in [-0.3, -0.25) is 5.10 Å². The average molecular weight is 255 g/mol. The number of benzene rings is 1. The molecular formula is C14H17N5. The third kappa shape index (κ3) is 2.02. The van der Waals surface area contributed by atoms with Crippen molar-refractivity contribution in [3.8, 4) is 11.3 Å². The van der Waals surface area contributed by atoms with Crippen LogP contribution in [0.25, 0.3) is 22.3 Å². The fourth-order valence-corrected chi connectivity index (χ4v) is 2.27. The van der Waals surface area contributed by atoms with E-state index in [2.05, 4.69) is 49.3 Å². The van der Waals surface area contributed by atoms with E-state index < -0.39 is 0 Å². The highest BCUT2D eigenvalue weighted by atomic mass is 15.1. The summed E-state index contributed by atoms with van der Waals surface area (Å²) in [6.07, 6.45) is 0. The van der Waals surface area contributed by atoms with Crippen molar-refractivity contribution in [3.63, 3.8) is 0 Å². The molecule has 0 atom stereocenters. The lowest BCUT2D eigenvalue weighted by Gasteiger charge is -1.98. The van der Waals surface area contributed by atoms with E-state index in [1.165, 1.54) is 0 Å². The lowest BCUT2D eigenvalue weighted by atomic mass is 10.1. The molecular weight excluding hydrogens is 238 g/mol. The molecule has 0 saturated heterocycles. The van der Waals surface area contributed by atoms with Crippen LogP contribution < -0.4 is 5.32 Å². The molecule has 1 aromatic carbocycles. The van der Waals surface area contributed by atoms with E-state index in [-0.39, 0.29) is 0 Å². The summed E-state index contributed by atoms with van der Waals surface area (Å²) in [5.41, 5.74) is 5.28. The standard InChI is InChI=1S/C14H17N5/c1-9-16-13-6-10(4-5-14(13)19(9)3)12-7-11(8-15-2)17-18-12/h4-7,15H,8H2,1-3H3,(H,17,18). The molecule has 19 heavy (non-hydrogen) atoms. The highest BCUT2D eigenvalue weighted by Gasteiger charge is 2.08. The predicted molar refractivity (Wildman–Crippen MR) is 75.8 cm³/mol. The second-order valence-electron chi connectivity index (χ2n) is 4.73. The number of hydrogen-bond donors (Lipinski definition) is 2. The van der Waals surface area contributed by atoms with Crippen LogP contribution in [0.15, 0.2) is 24.3 Å². The van der Waals surface area contributed by atoms with Crippen LogP contribution in [-0.4, -0.2) is 26.8 Å². The van der Waals surface area contributed by atoms with Crippen molar-refractivity contribution >= 4 is 11.0 Å². The quantitative estimate of drug-likeness (QED) is 0.752. The van der Waals surface area contributed by atoms with Gasteiger partial charge in [0.1, 0.15) is 5.82 Å². The highest BCUT2D eigenvalue weighted by Crippen LogP contribution is 2.23. The van der Waals surface area contributed by atoms with Gasteiger partial charge in [-0.25, -0.2) is 4.98 Å². The molecule has 0 bridgehead atoms. The Hall–Kier alpha value is -2.14. The number of aromatic nitrogens is 4. The summed E-state index contributed by atoms with van der Waals surface area (Å²) in [4.78, 5) is 4.55. The second kappa shape index (κ2) is 4.51. The van der Waals surface area contributed by atoms with Gasteiger partial charge in [-0.2, -0.15) is 5.10 Å². The van der Waals surface area contributed by atoms with Gasteiger partial charge in [-0.1, -0.05) is 6.07 Å². The second-order valence-corrected chi connectivity index (χ2v) is 4.73. The van der Waals surface area contributed by atoms with Crippen molar-refractivity contribution in [1.82, 2.24) is 25.1 Å². The van der Waals surface area contributed by atoms with Crippen molar-refractivity contribution < 1.29 is 0 Å². The van der Waals surface area contributed by atoms with Crippen LogP contribution in [0.5, 0.6) is 0 Å². The van der Waals surface area contributed by atoms with Crippen molar-refractivity contribution in [2.45, 2.75) is 13.5 Å². The van der Waals surface area contributed by atoms with Crippen LogP contribution >= 0.6 is 0 Å². The minimum atomic E-state index is 0.790. The van der Waals surface area contributed by atoms with Gasteiger partial charge in [0.15, 0.2) is 0 Å². The Bertz CT molecular complexity index is 723. The minimum Gasteiger partial charge on any atom is -0.331 e. The van der Waals surface area contributed by atoms with Gasteiger partial charge in [-0.15, -0.1) is 0 Å². The average Bonchev–Trinajstić information content (AvgIpc) is 2.96. The minimum absolute atomic E-state index is 0.790. The summed E-state index contributed by atoms with van der Waals surface area (Å²) >= 11 is 0. The molecule has 5 heteroatoms. The number of aromatic amines is 1. The van der Waals surface area contributed by atoms with Crippen LogP contribution in [0.4, 0.5) is 0 Å². The van der Waals surface area contributed by atoms with Crippen LogP contribution in [0.3, 0.4) is 0 Å². The molecule has 0 aliphatic heterocycles. The molecule has 0 spiro atoms. The molecule has 0 fully saturated rings. The number of nitrogens with zero attached hydrogens (tertiary/aromatic N) is 3. The Kier molecular flexibility index (Phi) is 2.83. The maximum absolute atomic E-state index is 4.55. The van der Waals surface area contributed by atoms with E-state index in [9.17, 15) is 0 Å². The van der Waals surface area contributed by atoms with E-state index >= 15 is 0 Å². The summed E-state index contributed by atoms with van der Waals surface area (Å²) < 4.78 is 2.09. The fraction of sp³-hybridized carbons (Fsp3) is 0.286. The summed E-state index contributed by atoms with van der Waals surface area (Å²) in [6, 6.07) is 8.33. The Morgan fingerprint density at radius 3 is 2.95 bits per heavy atom. The Balaban J connectivity index is 2.04. The molecule has 5 nitrogen and oxygen atoms in total. The Morgan fingerprint density at radius 1 is 1.32 bits per heavy atom. The monoisotopic (exact) mass is 255 g/mol. The molecule has 0 aliphatic carbocycles. The molecule has 3 aromatic rings. The van der Waals surface area contributed by atoms with Crippen LogP contribution in [0.2, 0.25) is 0 Å². The first-order valence-electron chi connectivity index (χ1n) is 6.31. The van der Waals surface area contributed by atoms with Crippen LogP contribution in [0.1, 0.15) is 11.5 Å². The highest BCUT2D eigenvalue weighted by molar-refractivity contribution is 5.81. The molecule has 0 saturated carbocycles. The van der Waals surface area contributed by atoms with E-state index in [4.69, 9.17) is 0 Å². The van der Waals surface area contributed by atoms with Gasteiger partial charge in [0.2, 0.25) is 0 Å². The number of nitrogens with one attached hydrogen (secondary N) is 2. The van der Waals surface area contributed by atoms with Crippen molar-refractivity contribution in [2.75, 3.05) is 7.05 Å². The predicted octanol–water partition coefficient (Wildman–Crippen LogP) is 1.99. The molecule has 0 aliphatic rings. The van der Waals surface area contributed by atoms with Gasteiger partial charge in [-0.05, 0) is 32.2 Å². The van der Waals surface area contributed by atoms with Gasteiger partial charge < -0.3 is 9.88 Å². The molecule has 3 rings (SSSR count). The summed E-state index contributed by atoms with van der Waals surface area (Å²) in [5, 5.41) is 10.5. The molecule has 0 amide bonds. The number of hydrogen-bond acceptors (Lipinski definition) is 3. The molecule has 2 N–H and O–H groups in total. The van der Waals surface area contributed by atoms with Gasteiger partial charge in [0.05, 0.1) is 16.7 Å². The van der Waals surface area contributed by atoms with Crippen LogP contribution in [-0.2, 0) is 13.6 Å². The molecule has 2 heterocycles. The van der Waals surface area contributed by atoms with E-state index in [1.807, 2.05) is 21.0 Å². The zero-order chi connectivity index (χ0) is 13.4. The lowest BCUT2D eigenvalue weighted by Crippen LogP contribution is -2.04. The summed E-state index contributed by atoms with van der Waals surface area (Å²) in [7, 11) is 3.95. The number of fused-ring (bicyclic) bond motifs is 1. The summed E-state index contributed by atoms with van der Waals surface area (Å²) in [6.45, 7) is 2.80. The largest absolute Gasteiger partial charge is 0.331 e. The topological polar surface area (TPSA) is 58.5 Å². The zero-order valence-electron chi connectivity index (χ0n) is 11.4. The third-order valence-corrected chi connectivity index (χ3v) is 3.40.